The van der Waals surface area contributed by atoms with Crippen molar-refractivity contribution < 1.29 is 26.6 Å². The van der Waals surface area contributed by atoms with Crippen molar-refractivity contribution in [1.29, 1.82) is 0 Å². The molecule has 0 aromatic rings. The van der Waals surface area contributed by atoms with E-state index in [0.29, 0.717) is 0 Å². The third-order valence-corrected chi connectivity index (χ3v) is 2.63. The number of nitrogens with zero attached hydrogens (tertiary/aromatic N) is 1. The van der Waals surface area contributed by atoms with Gasteiger partial charge >= 0.3 is 0 Å². The van der Waals surface area contributed by atoms with E-state index in [2.05, 4.69) is 0 Å². The van der Waals surface area contributed by atoms with Gasteiger partial charge in [0.1, 0.15) is 5.88 Å². The molecule has 0 amide bonds. The van der Waals surface area contributed by atoms with Crippen molar-refractivity contribution in [2.24, 2.45) is 0 Å². The van der Waals surface area contributed by atoms with Crippen LogP contribution in [0.1, 0.15) is 0 Å². The van der Waals surface area contributed by atoms with E-state index < -0.39 is 26.9 Å². The highest BCUT2D eigenvalue weighted by Crippen LogP contribution is 2.31. The first-order valence-corrected chi connectivity index (χ1v) is 6.50. The normalized spacial score (nSPS) is 14.9. The van der Waals surface area contributed by atoms with Crippen molar-refractivity contribution in [2.75, 3.05) is 25.2 Å². The highest BCUT2D eigenvalue weighted by molar-refractivity contribution is 8.19. The fraction of sp³-hybridized carbons (Fsp3) is 1.00. The standard InChI is InChI=1S/C4H13NO6S2/c1-5(4-13(9,10)11)2-3-12(6,7)8/h6-8H,2-4H2,1H3,(H,9,10,11). The molecule has 0 bridgehead atoms. The van der Waals surface area contributed by atoms with Crippen LogP contribution in [-0.4, -0.2) is 56.8 Å². The Hall–Kier alpha value is 0.100. The van der Waals surface area contributed by atoms with Gasteiger partial charge in [-0.25, -0.2) is 0 Å². The summed E-state index contributed by atoms with van der Waals surface area (Å²) in [5, 5.41) is 0. The van der Waals surface area contributed by atoms with Gasteiger partial charge in [0.25, 0.3) is 10.1 Å². The van der Waals surface area contributed by atoms with Crippen LogP contribution in [0.5, 0.6) is 0 Å². The van der Waals surface area contributed by atoms with Gasteiger partial charge in [-0.15, -0.1) is 0 Å². The maximum absolute atomic E-state index is 10.3. The lowest BCUT2D eigenvalue weighted by Gasteiger charge is -2.22. The van der Waals surface area contributed by atoms with E-state index in [-0.39, 0.29) is 12.3 Å². The minimum atomic E-state index is -4.10. The Morgan fingerprint density at radius 3 is 1.92 bits per heavy atom. The Labute approximate surface area is 78.3 Å². The molecule has 0 heterocycles. The van der Waals surface area contributed by atoms with E-state index in [0.717, 1.165) is 4.90 Å². The van der Waals surface area contributed by atoms with E-state index in [9.17, 15) is 8.42 Å². The van der Waals surface area contributed by atoms with E-state index in [1.54, 1.807) is 0 Å². The summed E-state index contributed by atoms with van der Waals surface area (Å²) in [6.45, 7) is -0.0430. The summed E-state index contributed by atoms with van der Waals surface area (Å²) in [5.74, 6) is -0.957. The molecule has 13 heavy (non-hydrogen) atoms. The number of hydrogen-bond donors (Lipinski definition) is 4. The third-order valence-electron chi connectivity index (χ3n) is 1.13. The van der Waals surface area contributed by atoms with Crippen LogP contribution in [0.2, 0.25) is 0 Å². The van der Waals surface area contributed by atoms with Crippen LogP contribution in [0, 0.1) is 0 Å². The zero-order chi connectivity index (χ0) is 10.7. The molecule has 0 aromatic carbocycles. The second kappa shape index (κ2) is 4.55. The molecule has 0 aliphatic carbocycles. The van der Waals surface area contributed by atoms with E-state index in [1.807, 2.05) is 0 Å². The summed E-state index contributed by atoms with van der Waals surface area (Å²) < 4.78 is 54.5. The minimum Gasteiger partial charge on any atom is -0.308 e. The fourth-order valence-electron chi connectivity index (χ4n) is 0.621. The highest BCUT2D eigenvalue weighted by atomic mass is 32.3. The van der Waals surface area contributed by atoms with Crippen molar-refractivity contribution in [2.45, 2.75) is 0 Å². The lowest BCUT2D eigenvalue weighted by molar-refractivity contribution is 0.344. The van der Waals surface area contributed by atoms with Crippen LogP contribution in [0.25, 0.3) is 0 Å². The van der Waals surface area contributed by atoms with Gasteiger partial charge in [0, 0.05) is 6.54 Å². The second-order valence-electron chi connectivity index (χ2n) is 2.63. The monoisotopic (exact) mass is 235 g/mol. The fourth-order valence-corrected chi connectivity index (χ4v) is 1.86. The van der Waals surface area contributed by atoms with Gasteiger partial charge in [0.05, 0.1) is 16.6 Å². The first kappa shape index (κ1) is 13.1. The summed E-state index contributed by atoms with van der Waals surface area (Å²) in [6, 6.07) is 0. The Balaban J connectivity index is 3.84. The molecule has 0 rings (SSSR count). The van der Waals surface area contributed by atoms with Crippen molar-refractivity contribution in [3.8, 4) is 0 Å². The van der Waals surface area contributed by atoms with Crippen molar-refractivity contribution in [3.05, 3.63) is 0 Å². The third kappa shape index (κ3) is 10.0. The Kier molecular flexibility index (Phi) is 4.59. The molecule has 0 aromatic heterocycles. The zero-order valence-electron chi connectivity index (χ0n) is 6.99. The van der Waals surface area contributed by atoms with Crippen molar-refractivity contribution >= 4 is 21.0 Å². The molecule has 0 spiro atoms. The van der Waals surface area contributed by atoms with Gasteiger partial charge < -0.3 is 13.7 Å². The molecule has 0 radical (unpaired) electrons. The molecule has 0 aliphatic heterocycles. The van der Waals surface area contributed by atoms with E-state index in [4.69, 9.17) is 18.2 Å². The minimum absolute atomic E-state index is 0.0430. The molecule has 0 fully saturated rings. The summed E-state index contributed by atoms with van der Waals surface area (Å²) in [7, 11) is -6.33. The lowest BCUT2D eigenvalue weighted by Crippen LogP contribution is -2.29. The maximum Gasteiger partial charge on any atom is 0.278 e. The van der Waals surface area contributed by atoms with Crippen molar-refractivity contribution in [1.82, 2.24) is 4.90 Å². The van der Waals surface area contributed by atoms with Gasteiger partial charge in [-0.3, -0.25) is 9.45 Å². The predicted octanol–water partition coefficient (Wildman–Crippen LogP) is -0.0129. The largest absolute Gasteiger partial charge is 0.308 e. The van der Waals surface area contributed by atoms with E-state index >= 15 is 0 Å². The molecule has 4 N–H and O–H groups in total. The molecule has 0 atom stereocenters. The number of rotatable bonds is 5. The Morgan fingerprint density at radius 2 is 1.62 bits per heavy atom. The second-order valence-corrected chi connectivity index (χ2v) is 5.72. The topological polar surface area (TPSA) is 118 Å². The maximum atomic E-state index is 10.3. The van der Waals surface area contributed by atoms with Crippen LogP contribution in [0.15, 0.2) is 0 Å². The molecule has 9 heteroatoms. The van der Waals surface area contributed by atoms with Crippen LogP contribution in [0.4, 0.5) is 0 Å². The van der Waals surface area contributed by atoms with Gasteiger partial charge in [-0.1, -0.05) is 0 Å². The van der Waals surface area contributed by atoms with Gasteiger partial charge in [-0.05, 0) is 7.05 Å². The molecular formula is C4H13NO6S2. The molecule has 0 unspecified atom stereocenters. The van der Waals surface area contributed by atoms with Gasteiger partial charge in [0.2, 0.25) is 0 Å². The molecule has 82 valence electrons. The van der Waals surface area contributed by atoms with Crippen LogP contribution >= 0.6 is 10.9 Å². The van der Waals surface area contributed by atoms with Gasteiger partial charge in [0.15, 0.2) is 0 Å². The molecular weight excluding hydrogens is 222 g/mol. The van der Waals surface area contributed by atoms with Crippen LogP contribution in [-0.2, 0) is 10.1 Å². The average molecular weight is 235 g/mol. The predicted molar refractivity (Wildman–Crippen MR) is 49.4 cm³/mol. The van der Waals surface area contributed by atoms with Crippen LogP contribution in [0.3, 0.4) is 0 Å². The van der Waals surface area contributed by atoms with Gasteiger partial charge in [-0.2, -0.15) is 8.42 Å². The Bertz CT molecular complexity index is 244. The average Bonchev–Trinajstić information content (AvgIpc) is 1.78. The highest BCUT2D eigenvalue weighted by Gasteiger charge is 2.15. The number of hydrogen-bond acceptors (Lipinski definition) is 6. The SMILES string of the molecule is CN(CCS(O)(O)O)CS(=O)(=O)O. The Morgan fingerprint density at radius 1 is 1.15 bits per heavy atom. The quantitative estimate of drug-likeness (QED) is 0.495. The molecule has 7 nitrogen and oxygen atoms in total. The van der Waals surface area contributed by atoms with E-state index in [1.165, 1.54) is 7.05 Å². The van der Waals surface area contributed by atoms with Crippen molar-refractivity contribution in [3.63, 3.8) is 0 Å². The summed E-state index contributed by atoms with van der Waals surface area (Å²) >= 11 is 0. The first-order chi connectivity index (χ1) is 5.60. The molecule has 0 aliphatic rings. The summed E-state index contributed by atoms with van der Waals surface area (Å²) in [6.07, 6.45) is 0. The summed E-state index contributed by atoms with van der Waals surface area (Å²) in [5.41, 5.74) is 0. The zero-order valence-corrected chi connectivity index (χ0v) is 8.62. The summed E-state index contributed by atoms with van der Waals surface area (Å²) in [4.78, 5) is 1.14. The molecule has 0 saturated heterocycles. The first-order valence-electron chi connectivity index (χ1n) is 3.22. The molecule has 0 saturated carbocycles. The lowest BCUT2D eigenvalue weighted by atomic mass is 10.7. The smallest absolute Gasteiger partial charge is 0.278 e. The van der Waals surface area contributed by atoms with Crippen LogP contribution < -0.4 is 0 Å².